The molecule has 0 aliphatic carbocycles. The fourth-order valence-corrected chi connectivity index (χ4v) is 7.59. The number of hydrogen-bond donors (Lipinski definition) is 0. The second-order valence-electron chi connectivity index (χ2n) is 14.2. The van der Waals surface area contributed by atoms with Crippen LogP contribution in [0.5, 0.6) is 0 Å². The predicted molar refractivity (Wildman–Crippen MR) is 202 cm³/mol. The first-order chi connectivity index (χ1) is 24.3. The van der Waals surface area contributed by atoms with Crippen molar-refractivity contribution in [3.63, 3.8) is 0 Å². The van der Waals surface area contributed by atoms with E-state index in [4.69, 9.17) is 0 Å². The topological polar surface area (TPSA) is 74.8 Å². The van der Waals surface area contributed by atoms with E-state index < -0.39 is 0 Å². The summed E-state index contributed by atoms with van der Waals surface area (Å²) in [6, 6.07) is 19.5. The Balaban J connectivity index is 1.54. The Morgan fingerprint density at radius 3 is 1.12 bits per heavy atom. The van der Waals surface area contributed by atoms with Gasteiger partial charge in [-0.1, -0.05) is 138 Å². The molecule has 0 unspecified atom stereocenters. The van der Waals surface area contributed by atoms with Crippen LogP contribution in [0.15, 0.2) is 60.7 Å². The largest absolute Gasteiger partial charge is 0.274 e. The highest BCUT2D eigenvalue weighted by Crippen LogP contribution is 2.46. The third kappa shape index (κ3) is 6.77. The maximum absolute atomic E-state index is 14.6. The summed E-state index contributed by atoms with van der Waals surface area (Å²) >= 11 is 0. The Kier molecular flexibility index (Phi) is 11.0. The van der Waals surface area contributed by atoms with Gasteiger partial charge in [-0.15, -0.1) is 0 Å². The van der Waals surface area contributed by atoms with Gasteiger partial charge in [0.05, 0.1) is 11.1 Å². The fraction of sp³-hybridized carbons (Fsp3) is 0.409. The highest BCUT2D eigenvalue weighted by molar-refractivity contribution is 6.36. The number of carbonyl (C=O) groups excluding carboxylic acids is 4. The molecule has 6 nitrogen and oxygen atoms in total. The van der Waals surface area contributed by atoms with Crippen molar-refractivity contribution < 1.29 is 19.2 Å². The van der Waals surface area contributed by atoms with E-state index >= 15 is 0 Å². The molecule has 2 aliphatic heterocycles. The molecule has 2 heterocycles. The molecular weight excluding hydrogens is 620 g/mol. The molecule has 0 saturated carbocycles. The van der Waals surface area contributed by atoms with Crippen LogP contribution in [0.4, 0.5) is 0 Å². The Morgan fingerprint density at radius 1 is 0.420 bits per heavy atom. The van der Waals surface area contributed by atoms with Gasteiger partial charge in [-0.2, -0.15) is 0 Å². The monoisotopic (exact) mass is 670 g/mol. The quantitative estimate of drug-likeness (QED) is 0.0878. The van der Waals surface area contributed by atoms with Gasteiger partial charge in [0.25, 0.3) is 23.6 Å². The normalized spacial score (nSPS) is 14.0. The van der Waals surface area contributed by atoms with Crippen molar-refractivity contribution in [2.75, 3.05) is 13.1 Å². The van der Waals surface area contributed by atoms with Crippen LogP contribution in [-0.4, -0.2) is 46.5 Å². The summed E-state index contributed by atoms with van der Waals surface area (Å²) in [5, 5.41) is 0.859. The van der Waals surface area contributed by atoms with Crippen molar-refractivity contribution in [1.82, 2.24) is 9.80 Å². The van der Waals surface area contributed by atoms with Crippen LogP contribution in [0.2, 0.25) is 0 Å². The number of carbonyl (C=O) groups is 4. The Labute approximate surface area is 296 Å². The lowest BCUT2D eigenvalue weighted by Crippen LogP contribution is -2.44. The molecule has 0 N–H and O–H groups in total. The van der Waals surface area contributed by atoms with Crippen molar-refractivity contribution in [2.45, 2.75) is 105 Å². The van der Waals surface area contributed by atoms with Gasteiger partial charge in [0, 0.05) is 35.0 Å². The van der Waals surface area contributed by atoms with Gasteiger partial charge >= 0.3 is 0 Å². The zero-order valence-corrected chi connectivity index (χ0v) is 30.2. The van der Waals surface area contributed by atoms with Crippen LogP contribution in [0.1, 0.15) is 143 Å². The van der Waals surface area contributed by atoms with Gasteiger partial charge in [0.1, 0.15) is 0 Å². The summed E-state index contributed by atoms with van der Waals surface area (Å²) in [4.78, 5) is 60.8. The van der Waals surface area contributed by atoms with Crippen molar-refractivity contribution in [2.24, 2.45) is 0 Å². The lowest BCUT2D eigenvalue weighted by molar-refractivity contribution is 0.0587. The number of aryl methyl sites for hydroxylation is 2. The molecule has 2 aliphatic rings. The maximum Gasteiger partial charge on any atom is 0.262 e. The van der Waals surface area contributed by atoms with E-state index in [0.717, 1.165) is 86.5 Å². The molecule has 6 rings (SSSR count). The molecule has 0 atom stereocenters. The SMILES string of the molecule is CCCCCCCCN1C(=O)c2cc(-c3ccc(C)cc3)c3c4c(cc(-c5ccc(C)cc5)c(c24)C1=O)C(=O)N(CCCCCCCC)C3=O. The molecule has 4 aromatic carbocycles. The molecule has 6 heteroatoms. The smallest absolute Gasteiger partial charge is 0.262 e. The number of imide groups is 2. The Bertz CT molecular complexity index is 1780. The molecule has 0 spiro atoms. The second-order valence-corrected chi connectivity index (χ2v) is 14.2. The molecule has 260 valence electrons. The third-order valence-electron chi connectivity index (χ3n) is 10.5. The molecule has 4 amide bonds. The van der Waals surface area contributed by atoms with Crippen LogP contribution in [0.25, 0.3) is 33.0 Å². The summed E-state index contributed by atoms with van der Waals surface area (Å²) in [6.07, 6.45) is 12.4. The fourth-order valence-electron chi connectivity index (χ4n) is 7.59. The van der Waals surface area contributed by atoms with Gasteiger partial charge in [-0.05, 0) is 61.1 Å². The predicted octanol–water partition coefficient (Wildman–Crippen LogP) is 10.7. The first-order valence-electron chi connectivity index (χ1n) is 18.8. The molecule has 4 aromatic rings. The number of nitrogens with zero attached hydrogens (tertiary/aromatic N) is 2. The highest BCUT2D eigenvalue weighted by atomic mass is 16.2. The standard InChI is InChI=1S/C44H50N2O4/c1-5-7-9-11-13-15-25-45-41(47)35-27-34(32-23-19-30(4)20-24-32)40-38-36(42(48)46(44(40)50)26-16-14-12-10-8-6-2)28-33(39(37(35)38)43(45)49)31-21-17-29(3)18-22-31/h17-24,27-28H,5-16,25-26H2,1-4H3. The Hall–Kier alpha value is -4.58. The molecule has 50 heavy (non-hydrogen) atoms. The van der Waals surface area contributed by atoms with E-state index in [0.29, 0.717) is 57.2 Å². The third-order valence-corrected chi connectivity index (χ3v) is 10.5. The molecule has 0 fully saturated rings. The zero-order valence-electron chi connectivity index (χ0n) is 30.2. The lowest BCUT2D eigenvalue weighted by atomic mass is 9.79. The first kappa shape index (κ1) is 35.3. The van der Waals surface area contributed by atoms with E-state index in [1.165, 1.54) is 22.6 Å². The zero-order chi connectivity index (χ0) is 35.4. The summed E-state index contributed by atoms with van der Waals surface area (Å²) < 4.78 is 0. The van der Waals surface area contributed by atoms with Gasteiger partial charge in [-0.25, -0.2) is 0 Å². The van der Waals surface area contributed by atoms with Crippen molar-refractivity contribution in [3.8, 4) is 22.3 Å². The van der Waals surface area contributed by atoms with Crippen molar-refractivity contribution in [1.29, 1.82) is 0 Å². The summed E-state index contributed by atoms with van der Waals surface area (Å²) in [5.41, 5.74) is 6.54. The molecular formula is C44H50N2O4. The van der Waals surface area contributed by atoms with E-state index in [2.05, 4.69) is 13.8 Å². The molecule has 0 bridgehead atoms. The average molecular weight is 671 g/mol. The van der Waals surface area contributed by atoms with Crippen LogP contribution in [0, 0.1) is 13.8 Å². The van der Waals surface area contributed by atoms with Crippen molar-refractivity contribution in [3.05, 3.63) is 94.0 Å². The van der Waals surface area contributed by atoms with Gasteiger partial charge in [0.2, 0.25) is 0 Å². The molecule has 0 radical (unpaired) electrons. The van der Waals surface area contributed by atoms with E-state index in [9.17, 15) is 19.2 Å². The average Bonchev–Trinajstić information content (AvgIpc) is 3.12. The van der Waals surface area contributed by atoms with Crippen LogP contribution in [-0.2, 0) is 0 Å². The first-order valence-corrected chi connectivity index (χ1v) is 18.8. The van der Waals surface area contributed by atoms with Crippen molar-refractivity contribution >= 4 is 34.4 Å². The van der Waals surface area contributed by atoms with E-state index in [-0.39, 0.29) is 23.6 Å². The highest BCUT2D eigenvalue weighted by Gasteiger charge is 2.42. The van der Waals surface area contributed by atoms with Gasteiger partial charge in [0.15, 0.2) is 0 Å². The van der Waals surface area contributed by atoms with Gasteiger partial charge < -0.3 is 0 Å². The number of benzene rings is 4. The van der Waals surface area contributed by atoms with Crippen LogP contribution in [0.3, 0.4) is 0 Å². The lowest BCUT2D eigenvalue weighted by Gasteiger charge is -2.34. The number of hydrogen-bond acceptors (Lipinski definition) is 4. The maximum atomic E-state index is 14.6. The minimum absolute atomic E-state index is 0.325. The number of rotatable bonds is 16. The van der Waals surface area contributed by atoms with Gasteiger partial charge in [-0.3, -0.25) is 29.0 Å². The van der Waals surface area contributed by atoms with Crippen LogP contribution >= 0.6 is 0 Å². The molecule has 0 saturated heterocycles. The van der Waals surface area contributed by atoms with E-state index in [1.807, 2.05) is 74.5 Å². The summed E-state index contributed by atoms with van der Waals surface area (Å²) in [7, 11) is 0. The second kappa shape index (κ2) is 15.5. The Morgan fingerprint density at radius 2 is 0.760 bits per heavy atom. The summed E-state index contributed by atoms with van der Waals surface area (Å²) in [5.74, 6) is -1.45. The van der Waals surface area contributed by atoms with E-state index in [1.54, 1.807) is 0 Å². The number of amides is 4. The number of unbranched alkanes of at least 4 members (excludes halogenated alkanes) is 10. The summed E-state index contributed by atoms with van der Waals surface area (Å²) in [6.45, 7) is 9.04. The minimum Gasteiger partial charge on any atom is -0.274 e. The molecule has 0 aromatic heterocycles. The van der Waals surface area contributed by atoms with Crippen LogP contribution < -0.4 is 0 Å². The minimum atomic E-state index is -0.364.